The molecule has 0 radical (unpaired) electrons. The van der Waals surface area contributed by atoms with E-state index in [1.54, 1.807) is 11.0 Å². The first kappa shape index (κ1) is 17.3. The highest BCUT2D eigenvalue weighted by Crippen LogP contribution is 2.20. The van der Waals surface area contributed by atoms with Gasteiger partial charge in [0.05, 0.1) is 11.5 Å². The van der Waals surface area contributed by atoms with Gasteiger partial charge in [-0.05, 0) is 42.6 Å². The Morgan fingerprint density at radius 2 is 1.84 bits per heavy atom. The van der Waals surface area contributed by atoms with E-state index in [-0.39, 0.29) is 12.0 Å². The summed E-state index contributed by atoms with van der Waals surface area (Å²) in [5.74, 6) is -0.0919. The Hall–Kier alpha value is -2.54. The Kier molecular flexibility index (Phi) is 5.55. The minimum atomic E-state index is -0.242. The third kappa shape index (κ3) is 4.30. The van der Waals surface area contributed by atoms with Gasteiger partial charge < -0.3 is 19.9 Å². The molecule has 0 aliphatic carbocycles. The van der Waals surface area contributed by atoms with Crippen LogP contribution < -0.4 is 10.2 Å². The first-order valence-corrected chi connectivity index (χ1v) is 9.17. The van der Waals surface area contributed by atoms with Crippen LogP contribution in [0.2, 0.25) is 0 Å². The van der Waals surface area contributed by atoms with Crippen molar-refractivity contribution in [2.75, 3.05) is 43.0 Å². The van der Waals surface area contributed by atoms with Gasteiger partial charge in [0.15, 0.2) is 0 Å². The predicted octanol–water partition coefficient (Wildman–Crippen LogP) is 3.28. The fourth-order valence-corrected chi connectivity index (χ4v) is 3.34. The smallest absolute Gasteiger partial charge is 0.409 e. The van der Waals surface area contributed by atoms with Crippen molar-refractivity contribution in [3.63, 3.8) is 0 Å². The highest BCUT2D eigenvalue weighted by Gasteiger charge is 2.22. The number of nitrogens with one attached hydrogen (secondary N) is 1. The number of carbonyl (C=O) groups is 2. The maximum Gasteiger partial charge on any atom is 0.409 e. The molecule has 3 rings (SSSR count). The van der Waals surface area contributed by atoms with Crippen molar-refractivity contribution in [2.24, 2.45) is 0 Å². The van der Waals surface area contributed by atoms with Crippen LogP contribution in [0.4, 0.5) is 16.2 Å². The average molecular weight is 359 g/mol. The second-order valence-corrected chi connectivity index (χ2v) is 6.60. The second kappa shape index (κ2) is 8.02. The van der Waals surface area contributed by atoms with Crippen LogP contribution in [-0.2, 0) is 4.74 Å². The zero-order chi connectivity index (χ0) is 17.6. The van der Waals surface area contributed by atoms with Crippen LogP contribution in [0.25, 0.3) is 0 Å². The molecule has 1 aromatic heterocycles. The van der Waals surface area contributed by atoms with E-state index in [0.29, 0.717) is 24.6 Å². The van der Waals surface area contributed by atoms with Crippen molar-refractivity contribution in [1.29, 1.82) is 0 Å². The maximum absolute atomic E-state index is 12.1. The summed E-state index contributed by atoms with van der Waals surface area (Å²) in [7, 11) is 0. The summed E-state index contributed by atoms with van der Waals surface area (Å²) in [6.45, 7) is 5.04. The molecule has 1 N–H and O–H groups in total. The number of rotatable bonds is 4. The van der Waals surface area contributed by atoms with Gasteiger partial charge in [0.25, 0.3) is 5.91 Å². The quantitative estimate of drug-likeness (QED) is 0.910. The molecule has 0 saturated carbocycles. The first-order valence-electron chi connectivity index (χ1n) is 8.29. The number of thiophene rings is 1. The average Bonchev–Trinajstić information content (AvgIpc) is 3.18. The Morgan fingerprint density at radius 3 is 2.44 bits per heavy atom. The van der Waals surface area contributed by atoms with Gasteiger partial charge in [0, 0.05) is 37.6 Å². The lowest BCUT2D eigenvalue weighted by atomic mass is 10.2. The lowest BCUT2D eigenvalue weighted by Gasteiger charge is -2.35. The van der Waals surface area contributed by atoms with Gasteiger partial charge in [-0.2, -0.15) is 0 Å². The molecule has 1 aliphatic heterocycles. The van der Waals surface area contributed by atoms with Gasteiger partial charge in [0.1, 0.15) is 0 Å². The number of amides is 2. The summed E-state index contributed by atoms with van der Waals surface area (Å²) in [5.41, 5.74) is 1.85. The Morgan fingerprint density at radius 1 is 1.12 bits per heavy atom. The Bertz CT molecular complexity index is 708. The number of benzene rings is 1. The molecule has 0 spiro atoms. The van der Waals surface area contributed by atoms with Crippen molar-refractivity contribution in [3.8, 4) is 0 Å². The standard InChI is InChI=1S/C18H21N3O3S/c1-2-24-18(23)21-11-9-20(10-12-21)15-7-5-14(6-8-15)19-17(22)16-4-3-13-25-16/h3-8,13H,2,9-12H2,1H3,(H,19,22). The molecule has 25 heavy (non-hydrogen) atoms. The van der Waals surface area contributed by atoms with E-state index in [1.807, 2.05) is 42.6 Å². The fraction of sp³-hybridized carbons (Fsp3) is 0.333. The molecular weight excluding hydrogens is 338 g/mol. The summed E-state index contributed by atoms with van der Waals surface area (Å²) in [6, 6.07) is 11.4. The lowest BCUT2D eigenvalue weighted by Crippen LogP contribution is -2.49. The minimum absolute atomic E-state index is 0.0919. The monoisotopic (exact) mass is 359 g/mol. The highest BCUT2D eigenvalue weighted by molar-refractivity contribution is 7.12. The molecule has 0 bridgehead atoms. The zero-order valence-corrected chi connectivity index (χ0v) is 14.9. The molecule has 6 nitrogen and oxygen atoms in total. The van der Waals surface area contributed by atoms with Crippen molar-refractivity contribution in [2.45, 2.75) is 6.92 Å². The summed E-state index contributed by atoms with van der Waals surface area (Å²) in [6.07, 6.45) is -0.242. The van der Waals surface area contributed by atoms with Crippen LogP contribution in [0, 0.1) is 0 Å². The number of hydrogen-bond acceptors (Lipinski definition) is 5. The third-order valence-corrected chi connectivity index (χ3v) is 4.91. The summed E-state index contributed by atoms with van der Waals surface area (Å²) >= 11 is 1.42. The van der Waals surface area contributed by atoms with Crippen molar-refractivity contribution >= 4 is 34.7 Å². The first-order chi connectivity index (χ1) is 12.2. The number of ether oxygens (including phenoxy) is 1. The van der Waals surface area contributed by atoms with E-state index < -0.39 is 0 Å². The van der Waals surface area contributed by atoms with Gasteiger partial charge in [-0.3, -0.25) is 4.79 Å². The molecule has 1 fully saturated rings. The molecule has 7 heteroatoms. The highest BCUT2D eigenvalue weighted by atomic mass is 32.1. The van der Waals surface area contributed by atoms with E-state index in [1.165, 1.54) is 11.3 Å². The molecule has 1 saturated heterocycles. The summed E-state index contributed by atoms with van der Waals surface area (Å²) in [4.78, 5) is 28.4. The van der Waals surface area contributed by atoms with Crippen LogP contribution in [-0.4, -0.2) is 49.7 Å². The molecule has 1 aliphatic rings. The molecule has 2 amide bonds. The van der Waals surface area contributed by atoms with Crippen molar-refractivity contribution < 1.29 is 14.3 Å². The van der Waals surface area contributed by atoms with Crippen LogP contribution >= 0.6 is 11.3 Å². The van der Waals surface area contributed by atoms with Crippen molar-refractivity contribution in [1.82, 2.24) is 4.90 Å². The lowest BCUT2D eigenvalue weighted by molar-refractivity contribution is 0.102. The molecule has 2 heterocycles. The van der Waals surface area contributed by atoms with Gasteiger partial charge >= 0.3 is 6.09 Å². The van der Waals surface area contributed by atoms with Crippen molar-refractivity contribution in [3.05, 3.63) is 46.7 Å². The van der Waals surface area contributed by atoms with Crippen LogP contribution in [0.15, 0.2) is 41.8 Å². The van der Waals surface area contributed by atoms with Crippen LogP contribution in [0.1, 0.15) is 16.6 Å². The number of nitrogens with zero attached hydrogens (tertiary/aromatic N) is 2. The van der Waals surface area contributed by atoms with Gasteiger partial charge in [-0.15, -0.1) is 11.3 Å². The minimum Gasteiger partial charge on any atom is -0.450 e. The van der Waals surface area contributed by atoms with E-state index in [0.717, 1.165) is 24.5 Å². The SMILES string of the molecule is CCOC(=O)N1CCN(c2ccc(NC(=O)c3cccs3)cc2)CC1. The molecule has 132 valence electrons. The molecule has 2 aromatic rings. The number of hydrogen-bond donors (Lipinski definition) is 1. The van der Waals surface area contributed by atoms with Crippen LogP contribution in [0.5, 0.6) is 0 Å². The summed E-state index contributed by atoms with van der Waals surface area (Å²) < 4.78 is 5.03. The van der Waals surface area contributed by atoms with E-state index in [4.69, 9.17) is 4.74 Å². The number of piperazine rings is 1. The number of carbonyl (C=O) groups excluding carboxylic acids is 2. The van der Waals surface area contributed by atoms with Gasteiger partial charge in [-0.1, -0.05) is 6.07 Å². The summed E-state index contributed by atoms with van der Waals surface area (Å²) in [5, 5.41) is 4.78. The van der Waals surface area contributed by atoms with E-state index in [9.17, 15) is 9.59 Å². The topological polar surface area (TPSA) is 61.9 Å². The third-order valence-electron chi connectivity index (χ3n) is 4.04. The zero-order valence-electron chi connectivity index (χ0n) is 14.1. The van der Waals surface area contributed by atoms with E-state index in [2.05, 4.69) is 10.2 Å². The Labute approximate surface area is 151 Å². The normalized spacial score (nSPS) is 14.3. The maximum atomic E-state index is 12.1. The second-order valence-electron chi connectivity index (χ2n) is 5.65. The molecule has 1 aromatic carbocycles. The Balaban J connectivity index is 1.54. The fourth-order valence-electron chi connectivity index (χ4n) is 2.72. The molecule has 0 atom stereocenters. The van der Waals surface area contributed by atoms with Gasteiger partial charge in [-0.25, -0.2) is 4.79 Å². The van der Waals surface area contributed by atoms with Gasteiger partial charge in [0.2, 0.25) is 0 Å². The predicted molar refractivity (Wildman–Crippen MR) is 99.5 cm³/mol. The van der Waals surface area contributed by atoms with E-state index >= 15 is 0 Å². The molecular formula is C18H21N3O3S. The number of anilines is 2. The molecule has 0 unspecified atom stereocenters. The van der Waals surface area contributed by atoms with Crippen LogP contribution in [0.3, 0.4) is 0 Å². The largest absolute Gasteiger partial charge is 0.450 e.